The molecule has 0 aromatic rings. The molecule has 0 spiro atoms. The summed E-state index contributed by atoms with van der Waals surface area (Å²) in [5.41, 5.74) is 0.256. The zero-order chi connectivity index (χ0) is 8.48. The van der Waals surface area contributed by atoms with Crippen molar-refractivity contribution in [3.8, 4) is 0 Å². The Morgan fingerprint density at radius 3 is 2.64 bits per heavy atom. The van der Waals surface area contributed by atoms with Gasteiger partial charge in [-0.3, -0.25) is 4.79 Å². The molecule has 2 nitrogen and oxygen atoms in total. The highest BCUT2D eigenvalue weighted by Crippen LogP contribution is 2.55. The standard InChI is InChI=1S/C9H16O2/c1-4-9(3)6-7(9)8(10)11-5-2/h7H,4-6H2,1-3H3. The Morgan fingerprint density at radius 1 is 1.64 bits per heavy atom. The molecule has 0 saturated heterocycles. The minimum Gasteiger partial charge on any atom is -0.466 e. The summed E-state index contributed by atoms with van der Waals surface area (Å²) in [6.45, 7) is 6.63. The normalized spacial score (nSPS) is 35.0. The lowest BCUT2D eigenvalue weighted by molar-refractivity contribution is -0.145. The average molecular weight is 156 g/mol. The van der Waals surface area contributed by atoms with Gasteiger partial charge in [0.2, 0.25) is 0 Å². The molecular formula is C9H16O2. The third kappa shape index (κ3) is 1.55. The van der Waals surface area contributed by atoms with Gasteiger partial charge in [0, 0.05) is 0 Å². The number of ether oxygens (including phenoxy) is 1. The lowest BCUT2D eigenvalue weighted by Crippen LogP contribution is -2.11. The second kappa shape index (κ2) is 2.84. The Kier molecular flexibility index (Phi) is 2.21. The molecule has 0 N–H and O–H groups in total. The van der Waals surface area contributed by atoms with E-state index >= 15 is 0 Å². The highest BCUT2D eigenvalue weighted by Gasteiger charge is 2.53. The molecule has 0 aromatic heterocycles. The first kappa shape index (κ1) is 8.57. The van der Waals surface area contributed by atoms with Crippen LogP contribution in [-0.2, 0) is 9.53 Å². The van der Waals surface area contributed by atoms with Crippen LogP contribution in [0.1, 0.15) is 33.6 Å². The smallest absolute Gasteiger partial charge is 0.309 e. The maximum Gasteiger partial charge on any atom is 0.309 e. The molecule has 1 aliphatic carbocycles. The Balaban J connectivity index is 2.36. The molecule has 1 aliphatic rings. The van der Waals surface area contributed by atoms with E-state index in [1.807, 2.05) is 6.92 Å². The minimum atomic E-state index is -0.00292. The van der Waals surface area contributed by atoms with Crippen molar-refractivity contribution in [2.45, 2.75) is 33.6 Å². The maximum absolute atomic E-state index is 11.2. The molecule has 1 fully saturated rings. The minimum absolute atomic E-state index is 0.00292. The van der Waals surface area contributed by atoms with Gasteiger partial charge >= 0.3 is 5.97 Å². The lowest BCUT2D eigenvalue weighted by atomic mass is 10.0. The summed E-state index contributed by atoms with van der Waals surface area (Å²) < 4.78 is 4.92. The molecule has 1 rings (SSSR count). The zero-order valence-electron chi connectivity index (χ0n) is 7.52. The fraction of sp³-hybridized carbons (Fsp3) is 0.889. The number of rotatable bonds is 3. The van der Waals surface area contributed by atoms with Gasteiger partial charge in [0.15, 0.2) is 0 Å². The van der Waals surface area contributed by atoms with Gasteiger partial charge in [-0.1, -0.05) is 13.8 Å². The lowest BCUT2D eigenvalue weighted by Gasteiger charge is -2.05. The van der Waals surface area contributed by atoms with Gasteiger partial charge < -0.3 is 4.74 Å². The van der Waals surface area contributed by atoms with Crippen LogP contribution in [0.5, 0.6) is 0 Å². The SMILES string of the molecule is CCOC(=O)C1CC1(C)CC. The number of esters is 1. The zero-order valence-corrected chi connectivity index (χ0v) is 7.52. The van der Waals surface area contributed by atoms with E-state index in [1.54, 1.807) is 0 Å². The van der Waals surface area contributed by atoms with E-state index in [4.69, 9.17) is 4.74 Å². The third-order valence-electron chi connectivity index (χ3n) is 2.73. The van der Waals surface area contributed by atoms with E-state index in [9.17, 15) is 4.79 Å². The summed E-state index contributed by atoms with van der Waals surface area (Å²) in [7, 11) is 0. The Bertz CT molecular complexity index is 165. The number of carbonyl (C=O) groups excluding carboxylic acids is 1. The molecule has 0 heterocycles. The quantitative estimate of drug-likeness (QED) is 0.584. The van der Waals surface area contributed by atoms with Crippen LogP contribution in [0.4, 0.5) is 0 Å². The van der Waals surface area contributed by atoms with Crippen LogP contribution in [-0.4, -0.2) is 12.6 Å². The van der Waals surface area contributed by atoms with E-state index in [-0.39, 0.29) is 17.3 Å². The molecular weight excluding hydrogens is 140 g/mol. The van der Waals surface area contributed by atoms with Crippen molar-refractivity contribution in [3.05, 3.63) is 0 Å². The Hall–Kier alpha value is -0.530. The van der Waals surface area contributed by atoms with Crippen LogP contribution >= 0.6 is 0 Å². The van der Waals surface area contributed by atoms with Crippen LogP contribution in [0, 0.1) is 11.3 Å². The highest BCUT2D eigenvalue weighted by molar-refractivity contribution is 5.76. The van der Waals surface area contributed by atoms with Crippen molar-refractivity contribution in [1.82, 2.24) is 0 Å². The highest BCUT2D eigenvalue weighted by atomic mass is 16.5. The van der Waals surface area contributed by atoms with Gasteiger partial charge in [0.1, 0.15) is 0 Å². The van der Waals surface area contributed by atoms with Crippen molar-refractivity contribution in [2.75, 3.05) is 6.61 Å². The predicted molar refractivity (Wildman–Crippen MR) is 43.1 cm³/mol. The van der Waals surface area contributed by atoms with E-state index in [0.29, 0.717) is 6.61 Å². The van der Waals surface area contributed by atoms with Gasteiger partial charge in [-0.25, -0.2) is 0 Å². The molecule has 0 aromatic carbocycles. The third-order valence-corrected chi connectivity index (χ3v) is 2.73. The van der Waals surface area contributed by atoms with Gasteiger partial charge in [0.05, 0.1) is 12.5 Å². The summed E-state index contributed by atoms with van der Waals surface area (Å²) in [5.74, 6) is 0.185. The Morgan fingerprint density at radius 2 is 2.27 bits per heavy atom. The second-order valence-corrected chi connectivity index (χ2v) is 3.52. The first-order chi connectivity index (χ1) is 5.14. The summed E-state index contributed by atoms with van der Waals surface area (Å²) in [6, 6.07) is 0. The summed E-state index contributed by atoms with van der Waals surface area (Å²) in [5, 5.41) is 0. The molecule has 0 amide bonds. The molecule has 2 heteroatoms. The first-order valence-corrected chi connectivity index (χ1v) is 4.30. The summed E-state index contributed by atoms with van der Waals surface area (Å²) >= 11 is 0. The van der Waals surface area contributed by atoms with E-state index in [1.165, 1.54) is 0 Å². The Labute approximate surface area is 67.9 Å². The van der Waals surface area contributed by atoms with Crippen LogP contribution < -0.4 is 0 Å². The number of hydrogen-bond acceptors (Lipinski definition) is 2. The molecule has 1 saturated carbocycles. The first-order valence-electron chi connectivity index (χ1n) is 4.30. The number of carbonyl (C=O) groups is 1. The van der Waals surface area contributed by atoms with Gasteiger partial charge in [-0.2, -0.15) is 0 Å². The van der Waals surface area contributed by atoms with E-state index < -0.39 is 0 Å². The van der Waals surface area contributed by atoms with E-state index in [0.717, 1.165) is 12.8 Å². The predicted octanol–water partition coefficient (Wildman–Crippen LogP) is 1.99. The van der Waals surface area contributed by atoms with Gasteiger partial charge in [-0.15, -0.1) is 0 Å². The largest absolute Gasteiger partial charge is 0.466 e. The maximum atomic E-state index is 11.2. The van der Waals surface area contributed by atoms with Crippen LogP contribution in [0.2, 0.25) is 0 Å². The summed E-state index contributed by atoms with van der Waals surface area (Å²) in [6.07, 6.45) is 2.10. The van der Waals surface area contributed by atoms with Gasteiger partial charge in [-0.05, 0) is 25.2 Å². The molecule has 0 aliphatic heterocycles. The molecule has 0 radical (unpaired) electrons. The molecule has 11 heavy (non-hydrogen) atoms. The van der Waals surface area contributed by atoms with E-state index in [2.05, 4.69) is 13.8 Å². The fourth-order valence-corrected chi connectivity index (χ4v) is 1.41. The number of hydrogen-bond donors (Lipinski definition) is 0. The molecule has 0 bridgehead atoms. The van der Waals surface area contributed by atoms with Crippen molar-refractivity contribution in [1.29, 1.82) is 0 Å². The molecule has 2 atom stereocenters. The molecule has 2 unspecified atom stereocenters. The van der Waals surface area contributed by atoms with Crippen LogP contribution in [0.3, 0.4) is 0 Å². The van der Waals surface area contributed by atoms with Gasteiger partial charge in [0.25, 0.3) is 0 Å². The summed E-state index contributed by atoms with van der Waals surface area (Å²) in [4.78, 5) is 11.2. The fourth-order valence-electron chi connectivity index (χ4n) is 1.41. The molecule has 64 valence electrons. The topological polar surface area (TPSA) is 26.3 Å². The second-order valence-electron chi connectivity index (χ2n) is 3.52. The monoisotopic (exact) mass is 156 g/mol. The van der Waals surface area contributed by atoms with Crippen LogP contribution in [0.15, 0.2) is 0 Å². The average Bonchev–Trinajstić information content (AvgIpc) is 2.65. The van der Waals surface area contributed by atoms with Crippen LogP contribution in [0.25, 0.3) is 0 Å². The van der Waals surface area contributed by atoms with Crippen molar-refractivity contribution in [2.24, 2.45) is 11.3 Å². The van der Waals surface area contributed by atoms with Crippen molar-refractivity contribution < 1.29 is 9.53 Å². The van der Waals surface area contributed by atoms with Crippen molar-refractivity contribution in [3.63, 3.8) is 0 Å². The van der Waals surface area contributed by atoms with Crippen molar-refractivity contribution >= 4 is 5.97 Å².